The van der Waals surface area contributed by atoms with E-state index in [1.165, 1.54) is 25.7 Å². The van der Waals surface area contributed by atoms with Gasteiger partial charge in [-0.1, -0.05) is 12.8 Å². The molecule has 0 N–H and O–H groups in total. The number of methoxy groups -OCH3 is 1. The minimum atomic E-state index is 0.416. The van der Waals surface area contributed by atoms with E-state index in [1.807, 2.05) is 0 Å². The molecule has 0 aromatic rings. The summed E-state index contributed by atoms with van der Waals surface area (Å²) in [6, 6.07) is 0. The Hall–Kier alpha value is 0.250. The Morgan fingerprint density at radius 2 is 2.09 bits per heavy atom. The molecule has 0 aromatic carbocycles. The quantitative estimate of drug-likeness (QED) is 0.601. The maximum Gasteiger partial charge on any atom is 0.0465 e. The van der Waals surface area contributed by atoms with Gasteiger partial charge in [0.05, 0.1) is 0 Å². The van der Waals surface area contributed by atoms with Crippen molar-refractivity contribution in [3.63, 3.8) is 0 Å². The summed E-state index contributed by atoms with van der Waals surface area (Å²) in [5.41, 5.74) is 0. The highest BCUT2D eigenvalue weighted by Gasteiger charge is 2.22. The number of rotatable bonds is 3. The number of alkyl halides is 1. The summed E-state index contributed by atoms with van der Waals surface area (Å²) in [5.74, 6) is 0.713. The predicted octanol–water partition coefficient (Wildman–Crippen LogP) is 2.82. The minimum Gasteiger partial charge on any atom is -0.385 e. The van der Waals surface area contributed by atoms with Crippen LogP contribution in [0.1, 0.15) is 32.1 Å². The first-order valence-electron chi connectivity index (χ1n) is 4.47. The largest absolute Gasteiger partial charge is 0.385 e. The van der Waals surface area contributed by atoms with Gasteiger partial charge in [-0.25, -0.2) is 0 Å². The van der Waals surface area contributed by atoms with Crippen LogP contribution in [-0.4, -0.2) is 19.1 Å². The van der Waals surface area contributed by atoms with Crippen LogP contribution in [0.15, 0.2) is 0 Å². The molecule has 1 aliphatic carbocycles. The standard InChI is InChI=1S/C9H17ClO/c1-11-7-6-8-4-2-3-5-9(8)10/h8-9H,2-7H2,1H3. The van der Waals surface area contributed by atoms with Crippen LogP contribution in [0.5, 0.6) is 0 Å². The van der Waals surface area contributed by atoms with E-state index < -0.39 is 0 Å². The van der Waals surface area contributed by atoms with Crippen LogP contribution in [0.3, 0.4) is 0 Å². The van der Waals surface area contributed by atoms with E-state index in [-0.39, 0.29) is 0 Å². The van der Waals surface area contributed by atoms with Crippen molar-refractivity contribution in [3.05, 3.63) is 0 Å². The lowest BCUT2D eigenvalue weighted by molar-refractivity contribution is 0.167. The summed E-state index contributed by atoms with van der Waals surface area (Å²) in [4.78, 5) is 0. The molecule has 0 aromatic heterocycles. The Morgan fingerprint density at radius 3 is 2.73 bits per heavy atom. The summed E-state index contributed by atoms with van der Waals surface area (Å²) in [7, 11) is 1.76. The third-order valence-corrected chi connectivity index (χ3v) is 3.08. The van der Waals surface area contributed by atoms with E-state index >= 15 is 0 Å². The molecule has 1 aliphatic rings. The molecule has 0 heterocycles. The highest BCUT2D eigenvalue weighted by Crippen LogP contribution is 2.30. The Morgan fingerprint density at radius 1 is 1.36 bits per heavy atom. The van der Waals surface area contributed by atoms with Crippen LogP contribution in [0.25, 0.3) is 0 Å². The SMILES string of the molecule is COCCC1CCCCC1Cl. The van der Waals surface area contributed by atoms with Crippen molar-refractivity contribution in [1.29, 1.82) is 0 Å². The molecule has 0 spiro atoms. The molecule has 2 heteroatoms. The van der Waals surface area contributed by atoms with Gasteiger partial charge in [-0.2, -0.15) is 0 Å². The summed E-state index contributed by atoms with van der Waals surface area (Å²) in [6.45, 7) is 0.869. The molecule has 1 rings (SSSR count). The third kappa shape index (κ3) is 3.00. The van der Waals surface area contributed by atoms with Crippen LogP contribution >= 0.6 is 11.6 Å². The van der Waals surface area contributed by atoms with Gasteiger partial charge in [0.25, 0.3) is 0 Å². The first-order valence-corrected chi connectivity index (χ1v) is 4.91. The van der Waals surface area contributed by atoms with E-state index in [1.54, 1.807) is 7.11 Å². The Kier molecular flexibility index (Phi) is 4.24. The predicted molar refractivity (Wildman–Crippen MR) is 48.1 cm³/mol. The van der Waals surface area contributed by atoms with Gasteiger partial charge in [0, 0.05) is 19.1 Å². The average molecular weight is 177 g/mol. The van der Waals surface area contributed by atoms with Crippen molar-refractivity contribution in [2.24, 2.45) is 5.92 Å². The summed E-state index contributed by atoms with van der Waals surface area (Å²) in [6.07, 6.45) is 6.33. The molecule has 0 bridgehead atoms. The van der Waals surface area contributed by atoms with Crippen molar-refractivity contribution in [2.75, 3.05) is 13.7 Å². The number of hydrogen-bond donors (Lipinski definition) is 0. The molecular formula is C9H17ClO. The molecule has 11 heavy (non-hydrogen) atoms. The first-order chi connectivity index (χ1) is 5.34. The van der Waals surface area contributed by atoms with Crippen molar-refractivity contribution >= 4 is 11.6 Å². The van der Waals surface area contributed by atoms with Crippen LogP contribution in [0.2, 0.25) is 0 Å². The summed E-state index contributed by atoms with van der Waals surface area (Å²) in [5, 5.41) is 0.416. The van der Waals surface area contributed by atoms with E-state index in [4.69, 9.17) is 16.3 Å². The smallest absolute Gasteiger partial charge is 0.0465 e. The monoisotopic (exact) mass is 176 g/mol. The lowest BCUT2D eigenvalue weighted by Gasteiger charge is -2.26. The molecule has 1 nitrogen and oxygen atoms in total. The normalized spacial score (nSPS) is 32.2. The molecular weight excluding hydrogens is 160 g/mol. The second-order valence-corrected chi connectivity index (χ2v) is 3.90. The second kappa shape index (κ2) is 5.00. The van der Waals surface area contributed by atoms with Crippen LogP contribution in [0, 0.1) is 5.92 Å². The zero-order chi connectivity index (χ0) is 8.10. The zero-order valence-corrected chi connectivity index (χ0v) is 7.94. The van der Waals surface area contributed by atoms with E-state index in [9.17, 15) is 0 Å². The second-order valence-electron chi connectivity index (χ2n) is 3.34. The Balaban J connectivity index is 2.18. The van der Waals surface area contributed by atoms with Gasteiger partial charge in [-0.05, 0) is 25.2 Å². The zero-order valence-electron chi connectivity index (χ0n) is 7.18. The van der Waals surface area contributed by atoms with Crippen LogP contribution in [-0.2, 0) is 4.74 Å². The van der Waals surface area contributed by atoms with Crippen molar-refractivity contribution in [1.82, 2.24) is 0 Å². The van der Waals surface area contributed by atoms with Crippen molar-refractivity contribution in [3.8, 4) is 0 Å². The fourth-order valence-corrected chi connectivity index (χ4v) is 2.16. The third-order valence-electron chi connectivity index (χ3n) is 2.51. The van der Waals surface area contributed by atoms with Crippen molar-refractivity contribution in [2.45, 2.75) is 37.5 Å². The summed E-state index contributed by atoms with van der Waals surface area (Å²) < 4.78 is 5.03. The molecule has 1 fully saturated rings. The topological polar surface area (TPSA) is 9.23 Å². The molecule has 66 valence electrons. The number of hydrogen-bond acceptors (Lipinski definition) is 1. The molecule has 0 radical (unpaired) electrons. The van der Waals surface area contributed by atoms with Crippen LogP contribution < -0.4 is 0 Å². The van der Waals surface area contributed by atoms with Gasteiger partial charge in [0.15, 0.2) is 0 Å². The van der Waals surface area contributed by atoms with Gasteiger partial charge in [-0.3, -0.25) is 0 Å². The van der Waals surface area contributed by atoms with Gasteiger partial charge in [0.1, 0.15) is 0 Å². The Labute approximate surface area is 74.1 Å². The maximum absolute atomic E-state index is 6.16. The maximum atomic E-state index is 6.16. The van der Waals surface area contributed by atoms with Crippen LogP contribution in [0.4, 0.5) is 0 Å². The lowest BCUT2D eigenvalue weighted by atomic mass is 9.87. The van der Waals surface area contributed by atoms with E-state index in [0.717, 1.165) is 13.0 Å². The van der Waals surface area contributed by atoms with Gasteiger partial charge in [-0.15, -0.1) is 11.6 Å². The Bertz CT molecular complexity index is 106. The minimum absolute atomic E-state index is 0.416. The van der Waals surface area contributed by atoms with Gasteiger partial charge >= 0.3 is 0 Å². The lowest BCUT2D eigenvalue weighted by Crippen LogP contribution is -2.20. The highest BCUT2D eigenvalue weighted by atomic mass is 35.5. The highest BCUT2D eigenvalue weighted by molar-refractivity contribution is 6.20. The van der Waals surface area contributed by atoms with Crippen molar-refractivity contribution < 1.29 is 4.74 Å². The molecule has 0 aliphatic heterocycles. The first kappa shape index (κ1) is 9.34. The van der Waals surface area contributed by atoms with Gasteiger partial charge in [0.2, 0.25) is 0 Å². The van der Waals surface area contributed by atoms with E-state index in [2.05, 4.69) is 0 Å². The average Bonchev–Trinajstić information content (AvgIpc) is 2.03. The fourth-order valence-electron chi connectivity index (χ4n) is 1.76. The number of ether oxygens (including phenoxy) is 1. The molecule has 2 atom stereocenters. The molecule has 2 unspecified atom stereocenters. The molecule has 0 saturated heterocycles. The summed E-state index contributed by atoms with van der Waals surface area (Å²) >= 11 is 6.16. The van der Waals surface area contributed by atoms with E-state index in [0.29, 0.717) is 11.3 Å². The number of halogens is 1. The molecule has 1 saturated carbocycles. The molecule has 0 amide bonds. The fraction of sp³-hybridized carbons (Fsp3) is 1.00. The van der Waals surface area contributed by atoms with Gasteiger partial charge < -0.3 is 4.74 Å².